The normalized spacial score (nSPS) is 14.4. The molecule has 0 radical (unpaired) electrons. The Balaban J connectivity index is 1.29. The smallest absolute Gasteiger partial charge is 0.294 e. The van der Waals surface area contributed by atoms with E-state index in [2.05, 4.69) is 5.32 Å². The van der Waals surface area contributed by atoms with E-state index in [9.17, 15) is 14.4 Å². The lowest BCUT2D eigenvalue weighted by Crippen LogP contribution is -2.36. The van der Waals surface area contributed by atoms with E-state index >= 15 is 0 Å². The number of fused-ring (bicyclic) bond motifs is 1. The summed E-state index contributed by atoms with van der Waals surface area (Å²) in [5, 5.41) is 4.77. The van der Waals surface area contributed by atoms with Gasteiger partial charge in [0.15, 0.2) is 0 Å². The van der Waals surface area contributed by atoms with Gasteiger partial charge in [-0.05, 0) is 41.4 Å². The number of amides is 3. The Morgan fingerprint density at radius 1 is 0.919 bits per heavy atom. The van der Waals surface area contributed by atoms with Crippen LogP contribution in [0.4, 0.5) is 10.5 Å². The Labute approximate surface area is 222 Å². The topological polar surface area (TPSA) is 75.7 Å². The summed E-state index contributed by atoms with van der Waals surface area (Å²) in [4.78, 5) is 39.6. The number of ether oxygens (including phenoxy) is 1. The Morgan fingerprint density at radius 3 is 2.51 bits per heavy atom. The molecule has 0 saturated carbocycles. The first-order valence-corrected chi connectivity index (χ1v) is 12.7. The highest BCUT2D eigenvalue weighted by molar-refractivity contribution is 8.18. The number of anilines is 1. The van der Waals surface area contributed by atoms with E-state index in [1.54, 1.807) is 30.3 Å². The lowest BCUT2D eigenvalue weighted by molar-refractivity contribution is -0.127. The summed E-state index contributed by atoms with van der Waals surface area (Å²) < 4.78 is 5.96. The summed E-state index contributed by atoms with van der Waals surface area (Å²) in [6.07, 6.45) is 1.61. The summed E-state index contributed by atoms with van der Waals surface area (Å²) >= 11 is 7.02. The van der Waals surface area contributed by atoms with Crippen LogP contribution in [0.1, 0.15) is 11.1 Å². The Morgan fingerprint density at radius 2 is 1.65 bits per heavy atom. The fourth-order valence-corrected chi connectivity index (χ4v) is 4.97. The third-order valence-electron chi connectivity index (χ3n) is 5.79. The lowest BCUT2D eigenvalue weighted by Gasteiger charge is -2.14. The van der Waals surface area contributed by atoms with Gasteiger partial charge in [0.05, 0.1) is 4.91 Å². The standard InChI is InChI=1S/C29H21ClN2O4S/c30-23-13-5-2-10-21(23)18-36-25-15-6-3-9-20(25)16-26-28(34)32(29(35)37-26)17-27(33)31-24-14-7-11-19-8-1-4-12-22(19)24/h1-16H,17-18H2,(H,31,33)/b26-16+. The van der Waals surface area contributed by atoms with E-state index in [-0.39, 0.29) is 18.1 Å². The van der Waals surface area contributed by atoms with Gasteiger partial charge < -0.3 is 10.1 Å². The van der Waals surface area contributed by atoms with Crippen molar-refractivity contribution in [3.8, 4) is 5.75 Å². The number of imide groups is 1. The zero-order chi connectivity index (χ0) is 25.8. The molecule has 4 aromatic rings. The highest BCUT2D eigenvalue weighted by Crippen LogP contribution is 2.34. The first kappa shape index (κ1) is 24.6. The van der Waals surface area contributed by atoms with Crippen molar-refractivity contribution in [1.29, 1.82) is 0 Å². The van der Waals surface area contributed by atoms with Gasteiger partial charge in [-0.1, -0.05) is 84.4 Å². The van der Waals surface area contributed by atoms with Crippen molar-refractivity contribution >= 4 is 63.0 Å². The van der Waals surface area contributed by atoms with Crippen LogP contribution >= 0.6 is 23.4 Å². The summed E-state index contributed by atoms with van der Waals surface area (Å²) in [7, 11) is 0. The van der Waals surface area contributed by atoms with E-state index < -0.39 is 17.1 Å². The number of thioether (sulfide) groups is 1. The SMILES string of the molecule is O=C(CN1C(=O)S/C(=C/c2ccccc2OCc2ccccc2Cl)C1=O)Nc1cccc2ccccc12. The number of benzene rings is 4. The highest BCUT2D eigenvalue weighted by atomic mass is 35.5. The molecule has 5 rings (SSSR count). The van der Waals surface area contributed by atoms with E-state index in [0.29, 0.717) is 22.0 Å². The van der Waals surface area contributed by atoms with E-state index in [4.69, 9.17) is 16.3 Å². The molecule has 8 heteroatoms. The second-order valence-electron chi connectivity index (χ2n) is 8.26. The highest BCUT2D eigenvalue weighted by Gasteiger charge is 2.36. The molecule has 0 unspecified atom stereocenters. The fourth-order valence-electron chi connectivity index (χ4n) is 3.95. The third kappa shape index (κ3) is 5.53. The lowest BCUT2D eigenvalue weighted by atomic mass is 10.1. The van der Waals surface area contributed by atoms with Gasteiger partial charge in [-0.3, -0.25) is 19.3 Å². The van der Waals surface area contributed by atoms with Crippen LogP contribution in [0.5, 0.6) is 5.75 Å². The van der Waals surface area contributed by atoms with Crippen molar-refractivity contribution in [1.82, 2.24) is 4.90 Å². The molecule has 0 bridgehead atoms. The number of rotatable bonds is 7. The minimum atomic E-state index is -0.524. The van der Waals surface area contributed by atoms with Gasteiger partial charge in [0.1, 0.15) is 18.9 Å². The fraction of sp³-hybridized carbons (Fsp3) is 0.0690. The number of carbonyl (C=O) groups excluding carboxylic acids is 3. The third-order valence-corrected chi connectivity index (χ3v) is 7.06. The minimum absolute atomic E-state index is 0.219. The van der Waals surface area contributed by atoms with Crippen LogP contribution in [0, 0.1) is 0 Å². The number of nitrogens with zero attached hydrogens (tertiary/aromatic N) is 1. The molecule has 1 saturated heterocycles. The van der Waals surface area contributed by atoms with Crippen LogP contribution in [0.15, 0.2) is 95.9 Å². The molecule has 0 spiro atoms. The molecule has 0 atom stereocenters. The molecular weight excluding hydrogens is 508 g/mol. The number of carbonyl (C=O) groups is 3. The summed E-state index contributed by atoms with van der Waals surface area (Å²) in [5.41, 5.74) is 2.09. The first-order chi connectivity index (χ1) is 18.0. The molecule has 0 aliphatic carbocycles. The van der Waals surface area contributed by atoms with Gasteiger partial charge in [0, 0.05) is 27.2 Å². The molecule has 3 amide bonds. The number of hydrogen-bond donors (Lipinski definition) is 1. The van der Waals surface area contributed by atoms with Gasteiger partial charge in [-0.2, -0.15) is 0 Å². The maximum atomic E-state index is 13.0. The van der Waals surface area contributed by atoms with Crippen LogP contribution in [-0.4, -0.2) is 28.5 Å². The van der Waals surface area contributed by atoms with E-state index in [1.165, 1.54) is 0 Å². The molecule has 1 fully saturated rings. The molecule has 1 aliphatic heterocycles. The Kier molecular flexibility index (Phi) is 7.25. The average Bonchev–Trinajstić information content (AvgIpc) is 3.16. The molecule has 1 heterocycles. The van der Waals surface area contributed by atoms with Crippen molar-refractivity contribution in [2.24, 2.45) is 0 Å². The predicted molar refractivity (Wildman–Crippen MR) is 147 cm³/mol. The van der Waals surface area contributed by atoms with Crippen molar-refractivity contribution in [3.05, 3.63) is 112 Å². The molecule has 184 valence electrons. The quantitative estimate of drug-likeness (QED) is 0.269. The van der Waals surface area contributed by atoms with E-state index in [1.807, 2.05) is 66.7 Å². The van der Waals surface area contributed by atoms with Crippen LogP contribution in [0.25, 0.3) is 16.8 Å². The zero-order valence-corrected chi connectivity index (χ0v) is 21.1. The molecule has 37 heavy (non-hydrogen) atoms. The summed E-state index contributed by atoms with van der Waals surface area (Å²) in [6, 6.07) is 27.8. The van der Waals surface area contributed by atoms with E-state index in [0.717, 1.165) is 33.0 Å². The van der Waals surface area contributed by atoms with Gasteiger partial charge in [-0.15, -0.1) is 0 Å². The maximum absolute atomic E-state index is 13.0. The molecule has 1 aliphatic rings. The number of halogens is 1. The number of para-hydroxylation sites is 1. The van der Waals surface area contributed by atoms with Crippen molar-refractivity contribution in [2.45, 2.75) is 6.61 Å². The monoisotopic (exact) mass is 528 g/mol. The van der Waals surface area contributed by atoms with Gasteiger partial charge in [-0.25, -0.2) is 0 Å². The molecular formula is C29H21ClN2O4S. The van der Waals surface area contributed by atoms with Crippen molar-refractivity contribution in [3.63, 3.8) is 0 Å². The first-order valence-electron chi connectivity index (χ1n) is 11.5. The number of hydrogen-bond acceptors (Lipinski definition) is 5. The minimum Gasteiger partial charge on any atom is -0.488 e. The Hall–Kier alpha value is -4.07. The van der Waals surface area contributed by atoms with Gasteiger partial charge >= 0.3 is 0 Å². The molecule has 0 aromatic heterocycles. The largest absolute Gasteiger partial charge is 0.488 e. The summed E-state index contributed by atoms with van der Waals surface area (Å²) in [5.74, 6) is -0.435. The van der Waals surface area contributed by atoms with Crippen LogP contribution in [0.2, 0.25) is 5.02 Å². The van der Waals surface area contributed by atoms with Crippen LogP contribution < -0.4 is 10.1 Å². The zero-order valence-electron chi connectivity index (χ0n) is 19.5. The molecule has 4 aromatic carbocycles. The second-order valence-corrected chi connectivity index (χ2v) is 9.66. The van der Waals surface area contributed by atoms with Gasteiger partial charge in [0.2, 0.25) is 5.91 Å². The maximum Gasteiger partial charge on any atom is 0.294 e. The molecule has 6 nitrogen and oxygen atoms in total. The summed E-state index contributed by atoms with van der Waals surface area (Å²) in [6.45, 7) is -0.129. The predicted octanol–water partition coefficient (Wildman–Crippen LogP) is 6.75. The van der Waals surface area contributed by atoms with Crippen LogP contribution in [-0.2, 0) is 16.2 Å². The number of nitrogens with one attached hydrogen (secondary N) is 1. The van der Waals surface area contributed by atoms with Crippen molar-refractivity contribution in [2.75, 3.05) is 11.9 Å². The second kappa shape index (κ2) is 10.9. The molecule has 1 N–H and O–H groups in total. The van der Waals surface area contributed by atoms with Gasteiger partial charge in [0.25, 0.3) is 11.1 Å². The Bertz CT molecular complexity index is 1550. The van der Waals surface area contributed by atoms with Crippen LogP contribution in [0.3, 0.4) is 0 Å². The van der Waals surface area contributed by atoms with Crippen molar-refractivity contribution < 1.29 is 19.1 Å². The average molecular weight is 529 g/mol.